The normalized spacial score (nSPS) is 11.9. The minimum atomic E-state index is -0.264. The van der Waals surface area contributed by atoms with Gasteiger partial charge in [0.05, 0.1) is 0 Å². The van der Waals surface area contributed by atoms with Gasteiger partial charge in [-0.25, -0.2) is 4.79 Å². The Balaban J connectivity index is 1.84. The molecule has 2 aromatic rings. The van der Waals surface area contributed by atoms with Crippen LogP contribution in [0.25, 0.3) is 0 Å². The molecule has 2 rings (SSSR count). The Morgan fingerprint density at radius 2 is 2.10 bits per heavy atom. The number of hydrogen-bond donors (Lipinski definition) is 2. The zero-order chi connectivity index (χ0) is 14.5. The van der Waals surface area contributed by atoms with E-state index in [4.69, 9.17) is 4.52 Å². The van der Waals surface area contributed by atoms with Crippen LogP contribution in [-0.4, -0.2) is 17.7 Å². The van der Waals surface area contributed by atoms with Crippen LogP contribution in [0.4, 0.5) is 10.5 Å². The van der Waals surface area contributed by atoms with Crippen molar-refractivity contribution in [3.8, 4) is 0 Å². The van der Waals surface area contributed by atoms with Crippen molar-refractivity contribution >= 4 is 27.6 Å². The summed E-state index contributed by atoms with van der Waals surface area (Å²) in [6.45, 7) is 4.38. The molecule has 0 radical (unpaired) electrons. The summed E-state index contributed by atoms with van der Waals surface area (Å²) in [7, 11) is 0. The molecule has 2 amide bonds. The monoisotopic (exact) mass is 337 g/mol. The fourth-order valence-electron chi connectivity index (χ4n) is 1.73. The fourth-order valence-corrected chi connectivity index (χ4v) is 2.00. The summed E-state index contributed by atoms with van der Waals surface area (Å²) in [5, 5.41) is 9.22. The number of benzene rings is 1. The van der Waals surface area contributed by atoms with Crippen molar-refractivity contribution in [2.24, 2.45) is 0 Å². The molecule has 0 aliphatic carbocycles. The molecule has 0 bridgehead atoms. The minimum Gasteiger partial charge on any atom is -0.362 e. The molecule has 0 aliphatic heterocycles. The number of nitrogens with zero attached hydrogens (tertiary/aromatic N) is 1. The van der Waals surface area contributed by atoms with E-state index < -0.39 is 0 Å². The maximum absolute atomic E-state index is 11.8. The Labute approximate surface area is 125 Å². The molecule has 0 aliphatic rings. The summed E-state index contributed by atoms with van der Waals surface area (Å²) in [5.41, 5.74) is 2.41. The van der Waals surface area contributed by atoms with Crippen LogP contribution < -0.4 is 10.6 Å². The first-order valence-corrected chi connectivity index (χ1v) is 7.07. The van der Waals surface area contributed by atoms with Gasteiger partial charge in [0.15, 0.2) is 0 Å². The Hall–Kier alpha value is -1.82. The second-order valence-electron chi connectivity index (χ2n) is 4.60. The van der Waals surface area contributed by atoms with Crippen LogP contribution in [0.15, 0.2) is 39.5 Å². The SMILES string of the molecule is Cc1nocc1NC(=O)NCC(C)c1ccc(Br)cc1. The maximum atomic E-state index is 11.8. The first-order valence-electron chi connectivity index (χ1n) is 6.27. The van der Waals surface area contributed by atoms with Gasteiger partial charge in [0.2, 0.25) is 0 Å². The van der Waals surface area contributed by atoms with Crippen molar-refractivity contribution in [1.29, 1.82) is 0 Å². The van der Waals surface area contributed by atoms with Gasteiger partial charge in [-0.1, -0.05) is 40.1 Å². The lowest BCUT2D eigenvalue weighted by Gasteiger charge is -2.13. The number of rotatable bonds is 4. The highest BCUT2D eigenvalue weighted by Crippen LogP contribution is 2.18. The zero-order valence-corrected chi connectivity index (χ0v) is 12.9. The van der Waals surface area contributed by atoms with Gasteiger partial charge in [0.1, 0.15) is 17.6 Å². The molecular weight excluding hydrogens is 322 g/mol. The molecule has 6 heteroatoms. The van der Waals surface area contributed by atoms with E-state index in [0.29, 0.717) is 17.9 Å². The van der Waals surface area contributed by atoms with Crippen molar-refractivity contribution in [3.63, 3.8) is 0 Å². The van der Waals surface area contributed by atoms with Crippen LogP contribution in [-0.2, 0) is 0 Å². The lowest BCUT2D eigenvalue weighted by Crippen LogP contribution is -2.31. The molecule has 2 N–H and O–H groups in total. The van der Waals surface area contributed by atoms with Gasteiger partial charge in [-0.3, -0.25) is 0 Å². The van der Waals surface area contributed by atoms with E-state index in [2.05, 4.69) is 38.6 Å². The van der Waals surface area contributed by atoms with Crippen LogP contribution in [0.5, 0.6) is 0 Å². The molecule has 0 fully saturated rings. The summed E-state index contributed by atoms with van der Waals surface area (Å²) >= 11 is 3.40. The molecule has 106 valence electrons. The summed E-state index contributed by atoms with van der Waals surface area (Å²) in [5.74, 6) is 0.234. The Bertz CT molecular complexity index is 580. The Morgan fingerprint density at radius 1 is 1.40 bits per heavy atom. The second-order valence-corrected chi connectivity index (χ2v) is 5.52. The highest BCUT2D eigenvalue weighted by Gasteiger charge is 2.10. The lowest BCUT2D eigenvalue weighted by atomic mass is 10.0. The van der Waals surface area contributed by atoms with Crippen molar-refractivity contribution < 1.29 is 9.32 Å². The number of amides is 2. The molecule has 0 spiro atoms. The van der Waals surface area contributed by atoms with Crippen LogP contribution in [0.1, 0.15) is 24.1 Å². The van der Waals surface area contributed by atoms with E-state index in [9.17, 15) is 4.79 Å². The van der Waals surface area contributed by atoms with Crippen LogP contribution >= 0.6 is 15.9 Å². The minimum absolute atomic E-state index is 0.234. The number of aromatic nitrogens is 1. The summed E-state index contributed by atoms with van der Waals surface area (Å²) in [6.07, 6.45) is 1.41. The fraction of sp³-hybridized carbons (Fsp3) is 0.286. The van der Waals surface area contributed by atoms with Gasteiger partial charge in [-0.15, -0.1) is 0 Å². The summed E-state index contributed by atoms with van der Waals surface area (Å²) in [4.78, 5) is 11.8. The van der Waals surface area contributed by atoms with E-state index in [-0.39, 0.29) is 11.9 Å². The molecule has 0 saturated carbocycles. The van der Waals surface area contributed by atoms with Crippen LogP contribution in [0, 0.1) is 6.92 Å². The number of nitrogens with one attached hydrogen (secondary N) is 2. The average molecular weight is 338 g/mol. The van der Waals surface area contributed by atoms with E-state index >= 15 is 0 Å². The van der Waals surface area contributed by atoms with Crippen molar-refractivity contribution in [2.75, 3.05) is 11.9 Å². The highest BCUT2D eigenvalue weighted by molar-refractivity contribution is 9.10. The predicted octanol–water partition coefficient (Wildman–Crippen LogP) is 3.67. The third kappa shape index (κ3) is 3.84. The number of halogens is 1. The quantitative estimate of drug-likeness (QED) is 0.894. The van der Waals surface area contributed by atoms with E-state index in [1.54, 1.807) is 6.92 Å². The topological polar surface area (TPSA) is 67.2 Å². The second kappa shape index (κ2) is 6.56. The average Bonchev–Trinajstić information content (AvgIpc) is 2.82. The number of carbonyl (C=O) groups is 1. The molecular formula is C14H16BrN3O2. The van der Waals surface area contributed by atoms with Gasteiger partial charge in [0, 0.05) is 11.0 Å². The van der Waals surface area contributed by atoms with Crippen molar-refractivity contribution in [3.05, 3.63) is 46.3 Å². The van der Waals surface area contributed by atoms with Gasteiger partial charge in [-0.05, 0) is 30.5 Å². The molecule has 20 heavy (non-hydrogen) atoms. The standard InChI is InChI=1S/C14H16BrN3O2/c1-9(11-3-5-12(15)6-4-11)7-16-14(19)17-13-8-20-18-10(13)2/h3-6,8-9H,7H2,1-2H3,(H2,16,17,19). The third-order valence-corrected chi connectivity index (χ3v) is 3.53. The summed E-state index contributed by atoms with van der Waals surface area (Å²) < 4.78 is 5.80. The van der Waals surface area contributed by atoms with Crippen molar-refractivity contribution in [1.82, 2.24) is 10.5 Å². The van der Waals surface area contributed by atoms with Crippen LogP contribution in [0.2, 0.25) is 0 Å². The molecule has 1 heterocycles. The Morgan fingerprint density at radius 3 is 2.70 bits per heavy atom. The smallest absolute Gasteiger partial charge is 0.319 e. The number of carbonyl (C=O) groups excluding carboxylic acids is 1. The highest BCUT2D eigenvalue weighted by atomic mass is 79.9. The van der Waals surface area contributed by atoms with Crippen molar-refractivity contribution in [2.45, 2.75) is 19.8 Å². The van der Waals surface area contributed by atoms with Gasteiger partial charge >= 0.3 is 6.03 Å². The molecule has 1 atom stereocenters. The first-order chi connectivity index (χ1) is 9.56. The molecule has 1 aromatic carbocycles. The number of hydrogen-bond acceptors (Lipinski definition) is 3. The van der Waals surface area contributed by atoms with E-state index in [1.165, 1.54) is 11.8 Å². The number of urea groups is 1. The summed E-state index contributed by atoms with van der Waals surface area (Å²) in [6, 6.07) is 7.80. The zero-order valence-electron chi connectivity index (χ0n) is 11.3. The first kappa shape index (κ1) is 14.6. The van der Waals surface area contributed by atoms with Gasteiger partial charge in [0.25, 0.3) is 0 Å². The third-order valence-electron chi connectivity index (χ3n) is 3.01. The maximum Gasteiger partial charge on any atom is 0.319 e. The van der Waals surface area contributed by atoms with E-state index in [0.717, 1.165) is 4.47 Å². The van der Waals surface area contributed by atoms with Gasteiger partial charge in [-0.2, -0.15) is 0 Å². The molecule has 0 saturated heterocycles. The van der Waals surface area contributed by atoms with Gasteiger partial charge < -0.3 is 15.2 Å². The molecule has 1 unspecified atom stereocenters. The number of anilines is 1. The molecule has 5 nitrogen and oxygen atoms in total. The largest absolute Gasteiger partial charge is 0.362 e. The number of aryl methyl sites for hydroxylation is 1. The predicted molar refractivity (Wildman–Crippen MR) is 80.8 cm³/mol. The van der Waals surface area contributed by atoms with E-state index in [1.807, 2.05) is 24.3 Å². The Kier molecular flexibility index (Phi) is 4.79. The van der Waals surface area contributed by atoms with Crippen LogP contribution in [0.3, 0.4) is 0 Å². The molecule has 1 aromatic heterocycles. The lowest BCUT2D eigenvalue weighted by molar-refractivity contribution is 0.251.